The van der Waals surface area contributed by atoms with E-state index < -0.39 is 10.0 Å². The van der Waals surface area contributed by atoms with Gasteiger partial charge in [-0.3, -0.25) is 0 Å². The molecule has 0 spiro atoms. The molecule has 0 bridgehead atoms. The molecule has 0 aromatic heterocycles. The first-order valence-electron chi connectivity index (χ1n) is 6.88. The number of halogens is 1. The second-order valence-electron chi connectivity index (χ2n) is 5.15. The monoisotopic (exact) mass is 327 g/mol. The second-order valence-corrected chi connectivity index (χ2v) is 7.33. The van der Waals surface area contributed by atoms with Crippen LogP contribution in [0.1, 0.15) is 18.9 Å². The van der Waals surface area contributed by atoms with Crippen molar-refractivity contribution in [2.24, 2.45) is 5.92 Å². The predicted molar refractivity (Wildman–Crippen MR) is 81.6 cm³/mol. The van der Waals surface area contributed by atoms with Gasteiger partial charge in [-0.1, -0.05) is 18.5 Å². The van der Waals surface area contributed by atoms with Crippen LogP contribution < -0.4 is 4.72 Å². The van der Waals surface area contributed by atoms with Gasteiger partial charge in [-0.2, -0.15) is 5.26 Å². The largest absolute Gasteiger partial charge is 0.303 e. The van der Waals surface area contributed by atoms with E-state index in [-0.39, 0.29) is 15.5 Å². The van der Waals surface area contributed by atoms with Gasteiger partial charge < -0.3 is 4.90 Å². The molecule has 1 atom stereocenters. The maximum atomic E-state index is 12.2. The Labute approximate surface area is 130 Å². The zero-order chi connectivity index (χ0) is 15.5. The van der Waals surface area contributed by atoms with E-state index in [1.807, 2.05) is 6.07 Å². The Morgan fingerprint density at radius 1 is 1.52 bits per heavy atom. The highest BCUT2D eigenvalue weighted by Crippen LogP contribution is 2.21. The van der Waals surface area contributed by atoms with E-state index >= 15 is 0 Å². The first-order chi connectivity index (χ1) is 9.96. The maximum Gasteiger partial charge on any atom is 0.240 e. The molecule has 0 saturated carbocycles. The third kappa shape index (κ3) is 3.95. The summed E-state index contributed by atoms with van der Waals surface area (Å²) in [5.41, 5.74) is 0.269. The van der Waals surface area contributed by atoms with Gasteiger partial charge in [0.15, 0.2) is 0 Å². The summed E-state index contributed by atoms with van der Waals surface area (Å²) in [6, 6.07) is 6.05. The summed E-state index contributed by atoms with van der Waals surface area (Å²) in [6.07, 6.45) is 1.00. The molecule has 1 heterocycles. The van der Waals surface area contributed by atoms with E-state index in [0.717, 1.165) is 26.1 Å². The molecule has 2 rings (SSSR count). The van der Waals surface area contributed by atoms with Gasteiger partial charge in [-0.05, 0) is 43.6 Å². The Morgan fingerprint density at radius 2 is 2.29 bits per heavy atom. The second kappa shape index (κ2) is 6.75. The number of hydrogen-bond donors (Lipinski definition) is 1. The molecule has 0 radical (unpaired) electrons. The molecule has 114 valence electrons. The summed E-state index contributed by atoms with van der Waals surface area (Å²) in [5, 5.41) is 8.95. The molecule has 5 nitrogen and oxygen atoms in total. The lowest BCUT2D eigenvalue weighted by molar-refractivity contribution is 0.342. The van der Waals surface area contributed by atoms with Crippen molar-refractivity contribution in [1.82, 2.24) is 9.62 Å². The molecule has 7 heteroatoms. The first-order valence-corrected chi connectivity index (χ1v) is 8.74. The molecule has 1 saturated heterocycles. The summed E-state index contributed by atoms with van der Waals surface area (Å²) in [5.74, 6) is 0.341. The fourth-order valence-electron chi connectivity index (χ4n) is 2.43. The van der Waals surface area contributed by atoms with E-state index in [0.29, 0.717) is 12.5 Å². The lowest BCUT2D eigenvalue weighted by Gasteiger charge is -2.14. The van der Waals surface area contributed by atoms with Crippen molar-refractivity contribution in [2.45, 2.75) is 18.2 Å². The third-order valence-corrected chi connectivity index (χ3v) is 5.48. The van der Waals surface area contributed by atoms with Crippen molar-refractivity contribution >= 4 is 21.6 Å². The Hall–Kier alpha value is -1.13. The van der Waals surface area contributed by atoms with Gasteiger partial charge >= 0.3 is 0 Å². The molecule has 1 aromatic carbocycles. The highest BCUT2D eigenvalue weighted by atomic mass is 35.5. The van der Waals surface area contributed by atoms with Crippen molar-refractivity contribution in [2.75, 3.05) is 26.2 Å². The molecule has 0 amide bonds. The fraction of sp³-hybridized carbons (Fsp3) is 0.500. The number of rotatable bonds is 5. The Bertz CT molecular complexity index is 655. The van der Waals surface area contributed by atoms with E-state index in [1.54, 1.807) is 0 Å². The molecule has 0 aliphatic carbocycles. The summed E-state index contributed by atoms with van der Waals surface area (Å²) < 4.78 is 27.1. The fourth-order valence-corrected chi connectivity index (χ4v) is 3.86. The van der Waals surface area contributed by atoms with E-state index in [4.69, 9.17) is 16.9 Å². The number of benzene rings is 1. The van der Waals surface area contributed by atoms with Crippen LogP contribution in [0.2, 0.25) is 5.02 Å². The first kappa shape index (κ1) is 16.2. The zero-order valence-corrected chi connectivity index (χ0v) is 13.4. The molecule has 1 unspecified atom stereocenters. The van der Waals surface area contributed by atoms with Gasteiger partial charge in [0, 0.05) is 13.1 Å². The summed E-state index contributed by atoms with van der Waals surface area (Å²) in [7, 11) is -3.58. The van der Waals surface area contributed by atoms with Crippen LogP contribution in [0.3, 0.4) is 0 Å². The van der Waals surface area contributed by atoms with E-state index in [1.165, 1.54) is 18.2 Å². The minimum Gasteiger partial charge on any atom is -0.303 e. The number of sulfonamides is 1. The predicted octanol–water partition coefficient (Wildman–Crippen LogP) is 1.83. The SMILES string of the molecule is CCN1CCC(CNS(=O)(=O)c2ccc(C#N)c(Cl)c2)C1. The van der Waals surface area contributed by atoms with Crippen molar-refractivity contribution < 1.29 is 8.42 Å². The average molecular weight is 328 g/mol. The van der Waals surface area contributed by atoms with Gasteiger partial charge in [0.2, 0.25) is 10.0 Å². The number of nitrogens with zero attached hydrogens (tertiary/aromatic N) is 2. The van der Waals surface area contributed by atoms with Crippen LogP contribution in [-0.2, 0) is 10.0 Å². The normalized spacial score (nSPS) is 19.6. The van der Waals surface area contributed by atoms with Gasteiger partial charge in [0.25, 0.3) is 0 Å². The van der Waals surface area contributed by atoms with Crippen LogP contribution >= 0.6 is 11.6 Å². The summed E-state index contributed by atoms with van der Waals surface area (Å²) >= 11 is 5.88. The number of nitrogens with one attached hydrogen (secondary N) is 1. The van der Waals surface area contributed by atoms with E-state index in [9.17, 15) is 8.42 Å². The van der Waals surface area contributed by atoms with Crippen molar-refractivity contribution in [3.8, 4) is 6.07 Å². The Balaban J connectivity index is 2.02. The molecule has 1 aliphatic rings. The van der Waals surface area contributed by atoms with Crippen LogP contribution in [0.4, 0.5) is 0 Å². The van der Waals surface area contributed by atoms with Crippen LogP contribution in [0.5, 0.6) is 0 Å². The smallest absolute Gasteiger partial charge is 0.240 e. The van der Waals surface area contributed by atoms with Crippen LogP contribution in [0.25, 0.3) is 0 Å². The quantitative estimate of drug-likeness (QED) is 0.895. The molecule has 1 N–H and O–H groups in total. The molecule has 21 heavy (non-hydrogen) atoms. The molecule has 1 aliphatic heterocycles. The minimum absolute atomic E-state index is 0.0943. The van der Waals surface area contributed by atoms with Crippen molar-refractivity contribution in [3.63, 3.8) is 0 Å². The summed E-state index contributed by atoms with van der Waals surface area (Å²) in [4.78, 5) is 2.40. The van der Waals surface area contributed by atoms with Crippen LogP contribution in [0, 0.1) is 17.2 Å². The maximum absolute atomic E-state index is 12.2. The van der Waals surface area contributed by atoms with Crippen LogP contribution in [0.15, 0.2) is 23.1 Å². The van der Waals surface area contributed by atoms with Gasteiger partial charge in [-0.25, -0.2) is 13.1 Å². The summed E-state index contributed by atoms with van der Waals surface area (Å²) in [6.45, 7) is 5.47. The van der Waals surface area contributed by atoms with Gasteiger partial charge in [-0.15, -0.1) is 0 Å². The van der Waals surface area contributed by atoms with Crippen molar-refractivity contribution in [1.29, 1.82) is 5.26 Å². The van der Waals surface area contributed by atoms with Crippen LogP contribution in [-0.4, -0.2) is 39.5 Å². The number of hydrogen-bond acceptors (Lipinski definition) is 4. The standard InChI is InChI=1S/C14H18ClN3O2S/c1-2-18-6-5-11(10-18)9-17-21(19,20)13-4-3-12(8-16)14(15)7-13/h3-4,7,11,17H,2,5-6,9-10H2,1H3. The topological polar surface area (TPSA) is 73.2 Å². The average Bonchev–Trinajstić information content (AvgIpc) is 2.93. The molecule has 1 fully saturated rings. The minimum atomic E-state index is -3.58. The zero-order valence-electron chi connectivity index (χ0n) is 11.8. The third-order valence-electron chi connectivity index (χ3n) is 3.75. The highest BCUT2D eigenvalue weighted by Gasteiger charge is 2.23. The Morgan fingerprint density at radius 3 is 2.86 bits per heavy atom. The Kier molecular flexibility index (Phi) is 5.22. The van der Waals surface area contributed by atoms with Crippen molar-refractivity contribution in [3.05, 3.63) is 28.8 Å². The van der Waals surface area contributed by atoms with Gasteiger partial charge in [0.1, 0.15) is 6.07 Å². The number of nitriles is 1. The molecular formula is C14H18ClN3O2S. The van der Waals surface area contributed by atoms with E-state index in [2.05, 4.69) is 16.5 Å². The lowest BCUT2D eigenvalue weighted by atomic mass is 10.1. The highest BCUT2D eigenvalue weighted by molar-refractivity contribution is 7.89. The lowest BCUT2D eigenvalue weighted by Crippen LogP contribution is -2.31. The number of likely N-dealkylation sites (tertiary alicyclic amines) is 1. The molecule has 1 aromatic rings. The molecular weight excluding hydrogens is 310 g/mol. The van der Waals surface area contributed by atoms with Gasteiger partial charge in [0.05, 0.1) is 15.5 Å².